The second-order valence-corrected chi connectivity index (χ2v) is 8.85. The lowest BCUT2D eigenvalue weighted by atomic mass is 9.85. The number of aliphatic carboxylic acids is 1. The van der Waals surface area contributed by atoms with E-state index in [1.54, 1.807) is 6.33 Å². The maximum absolute atomic E-state index is 11.6. The minimum absolute atomic E-state index is 0.0570. The standard InChI is InChI=1S/C24H27N3O2/c1-24(2,3)18-9-4-7-16(13-18)19-10-5-11-20-21(19)22(26-15-25-20)27-12-6-8-17(14-27)23(28)29/h4-5,7,9-11,13,15,17H,6,8,12,14H2,1-3H3,(H,28,29). The number of carbonyl (C=O) groups is 1. The van der Waals surface area contributed by atoms with Crippen LogP contribution in [0.25, 0.3) is 22.0 Å². The van der Waals surface area contributed by atoms with Crippen molar-refractivity contribution < 1.29 is 9.90 Å². The molecular formula is C24H27N3O2. The topological polar surface area (TPSA) is 66.3 Å². The molecule has 1 aliphatic rings. The van der Waals surface area contributed by atoms with Crippen LogP contribution < -0.4 is 4.90 Å². The summed E-state index contributed by atoms with van der Waals surface area (Å²) >= 11 is 0. The van der Waals surface area contributed by atoms with Crippen LogP contribution in [0.2, 0.25) is 0 Å². The zero-order valence-corrected chi connectivity index (χ0v) is 17.2. The van der Waals surface area contributed by atoms with E-state index in [9.17, 15) is 9.90 Å². The molecule has 1 aromatic heterocycles. The lowest BCUT2D eigenvalue weighted by Gasteiger charge is -2.32. The number of rotatable bonds is 3. The second-order valence-electron chi connectivity index (χ2n) is 8.85. The van der Waals surface area contributed by atoms with Gasteiger partial charge in [0.1, 0.15) is 12.1 Å². The van der Waals surface area contributed by atoms with Crippen LogP contribution >= 0.6 is 0 Å². The van der Waals surface area contributed by atoms with Crippen LogP contribution in [0.5, 0.6) is 0 Å². The highest BCUT2D eigenvalue weighted by Crippen LogP contribution is 2.36. The number of fused-ring (bicyclic) bond motifs is 1. The molecule has 0 bridgehead atoms. The number of hydrogen-bond donors (Lipinski definition) is 1. The van der Waals surface area contributed by atoms with Crippen LogP contribution in [0.15, 0.2) is 48.8 Å². The van der Waals surface area contributed by atoms with Gasteiger partial charge in [0.2, 0.25) is 0 Å². The summed E-state index contributed by atoms with van der Waals surface area (Å²) in [5.41, 5.74) is 4.43. The van der Waals surface area contributed by atoms with Gasteiger partial charge in [-0.25, -0.2) is 9.97 Å². The Morgan fingerprint density at radius 2 is 1.93 bits per heavy atom. The minimum Gasteiger partial charge on any atom is -0.481 e. The van der Waals surface area contributed by atoms with Gasteiger partial charge in [0.25, 0.3) is 0 Å². The molecule has 29 heavy (non-hydrogen) atoms. The Morgan fingerprint density at radius 1 is 1.14 bits per heavy atom. The smallest absolute Gasteiger partial charge is 0.308 e. The van der Waals surface area contributed by atoms with E-state index in [1.807, 2.05) is 12.1 Å². The quantitative estimate of drug-likeness (QED) is 0.690. The Labute approximate surface area is 171 Å². The normalized spacial score (nSPS) is 17.5. The van der Waals surface area contributed by atoms with E-state index in [1.165, 1.54) is 5.56 Å². The van der Waals surface area contributed by atoms with E-state index in [4.69, 9.17) is 0 Å². The van der Waals surface area contributed by atoms with Crippen LogP contribution in [0.1, 0.15) is 39.2 Å². The average molecular weight is 389 g/mol. The predicted octanol–water partition coefficient (Wildman–Crippen LogP) is 4.90. The first-order valence-electron chi connectivity index (χ1n) is 10.2. The first kappa shape index (κ1) is 19.4. The molecule has 1 saturated heterocycles. The molecule has 0 spiro atoms. The number of nitrogens with zero attached hydrogens (tertiary/aromatic N) is 3. The number of carboxylic acid groups (broad SMARTS) is 1. The van der Waals surface area contributed by atoms with Crippen LogP contribution in [-0.4, -0.2) is 34.1 Å². The Balaban J connectivity index is 1.86. The summed E-state index contributed by atoms with van der Waals surface area (Å²) in [5.74, 6) is -0.256. The molecule has 1 fully saturated rings. The Morgan fingerprint density at radius 3 is 2.69 bits per heavy atom. The molecule has 5 nitrogen and oxygen atoms in total. The van der Waals surface area contributed by atoms with Crippen molar-refractivity contribution in [2.75, 3.05) is 18.0 Å². The fourth-order valence-corrected chi connectivity index (χ4v) is 4.10. The van der Waals surface area contributed by atoms with E-state index in [2.05, 4.69) is 66.0 Å². The molecule has 3 aromatic rings. The summed E-state index contributed by atoms with van der Waals surface area (Å²) in [6, 6.07) is 14.7. The van der Waals surface area contributed by atoms with Crippen LogP contribution in [0.3, 0.4) is 0 Å². The molecule has 2 heterocycles. The summed E-state index contributed by atoms with van der Waals surface area (Å²) in [4.78, 5) is 22.8. The summed E-state index contributed by atoms with van der Waals surface area (Å²) in [7, 11) is 0. The van der Waals surface area contributed by atoms with Gasteiger partial charge >= 0.3 is 5.97 Å². The van der Waals surface area contributed by atoms with Gasteiger partial charge in [0.15, 0.2) is 0 Å². The maximum Gasteiger partial charge on any atom is 0.308 e. The first-order chi connectivity index (χ1) is 13.8. The van der Waals surface area contributed by atoms with Crippen molar-refractivity contribution in [3.05, 3.63) is 54.4 Å². The lowest BCUT2D eigenvalue weighted by Crippen LogP contribution is -2.39. The van der Waals surface area contributed by atoms with Gasteiger partial charge in [0, 0.05) is 13.1 Å². The van der Waals surface area contributed by atoms with Crippen LogP contribution in [0.4, 0.5) is 5.82 Å². The van der Waals surface area contributed by atoms with E-state index in [-0.39, 0.29) is 11.3 Å². The largest absolute Gasteiger partial charge is 0.481 e. The third-order valence-corrected chi connectivity index (χ3v) is 5.75. The molecule has 1 atom stereocenters. The fraction of sp³-hybridized carbons (Fsp3) is 0.375. The van der Waals surface area contributed by atoms with Gasteiger partial charge < -0.3 is 10.0 Å². The van der Waals surface area contributed by atoms with Crippen molar-refractivity contribution in [1.29, 1.82) is 0 Å². The van der Waals surface area contributed by atoms with Crippen LogP contribution in [0, 0.1) is 5.92 Å². The SMILES string of the molecule is CC(C)(C)c1cccc(-c2cccc3ncnc(N4CCCC(C(=O)O)C4)c23)c1. The number of hydrogen-bond acceptors (Lipinski definition) is 4. The van der Waals surface area contributed by atoms with Gasteiger partial charge in [-0.15, -0.1) is 0 Å². The predicted molar refractivity (Wildman–Crippen MR) is 116 cm³/mol. The molecule has 2 aromatic carbocycles. The van der Waals surface area contributed by atoms with Crippen molar-refractivity contribution in [3.63, 3.8) is 0 Å². The van der Waals surface area contributed by atoms with Gasteiger partial charge in [-0.05, 0) is 41.0 Å². The second kappa shape index (κ2) is 7.47. The van der Waals surface area contributed by atoms with E-state index in [0.29, 0.717) is 6.54 Å². The average Bonchev–Trinajstić information content (AvgIpc) is 2.72. The van der Waals surface area contributed by atoms with E-state index >= 15 is 0 Å². The third-order valence-electron chi connectivity index (χ3n) is 5.75. The molecular weight excluding hydrogens is 362 g/mol. The molecule has 0 aliphatic carbocycles. The summed E-state index contributed by atoms with van der Waals surface area (Å²) in [6.45, 7) is 7.93. The highest BCUT2D eigenvalue weighted by molar-refractivity contribution is 6.02. The van der Waals surface area contributed by atoms with E-state index in [0.717, 1.165) is 47.2 Å². The zero-order chi connectivity index (χ0) is 20.6. The molecule has 150 valence electrons. The molecule has 1 N–H and O–H groups in total. The number of aromatic nitrogens is 2. The Kier molecular flexibility index (Phi) is 4.99. The number of benzene rings is 2. The summed E-state index contributed by atoms with van der Waals surface area (Å²) in [5, 5.41) is 10.5. The number of carboxylic acids is 1. The molecule has 1 unspecified atom stereocenters. The van der Waals surface area contributed by atoms with Gasteiger partial charge in [-0.3, -0.25) is 4.79 Å². The summed E-state index contributed by atoms with van der Waals surface area (Å²) in [6.07, 6.45) is 3.15. The molecule has 5 heteroatoms. The number of piperidine rings is 1. The molecule has 1 aliphatic heterocycles. The number of anilines is 1. The maximum atomic E-state index is 11.6. The first-order valence-corrected chi connectivity index (χ1v) is 10.2. The van der Waals surface area contributed by atoms with Crippen molar-refractivity contribution in [2.24, 2.45) is 5.92 Å². The highest BCUT2D eigenvalue weighted by Gasteiger charge is 2.28. The van der Waals surface area contributed by atoms with Gasteiger partial charge in [-0.1, -0.05) is 57.2 Å². The minimum atomic E-state index is -0.730. The highest BCUT2D eigenvalue weighted by atomic mass is 16.4. The molecule has 0 radical (unpaired) electrons. The monoisotopic (exact) mass is 389 g/mol. The lowest BCUT2D eigenvalue weighted by molar-refractivity contribution is -0.141. The summed E-state index contributed by atoms with van der Waals surface area (Å²) < 4.78 is 0. The Hall–Kier alpha value is -2.95. The fourth-order valence-electron chi connectivity index (χ4n) is 4.10. The van der Waals surface area contributed by atoms with Crippen LogP contribution in [-0.2, 0) is 10.2 Å². The van der Waals surface area contributed by atoms with E-state index < -0.39 is 5.97 Å². The third kappa shape index (κ3) is 3.82. The molecule has 0 saturated carbocycles. The van der Waals surface area contributed by atoms with Gasteiger partial charge in [0.05, 0.1) is 16.8 Å². The zero-order valence-electron chi connectivity index (χ0n) is 17.2. The van der Waals surface area contributed by atoms with Gasteiger partial charge in [-0.2, -0.15) is 0 Å². The van der Waals surface area contributed by atoms with Crippen molar-refractivity contribution in [3.8, 4) is 11.1 Å². The molecule has 0 amide bonds. The Bertz CT molecular complexity index is 1050. The molecule has 4 rings (SSSR count). The van der Waals surface area contributed by atoms with Crippen molar-refractivity contribution in [2.45, 2.75) is 39.0 Å². The van der Waals surface area contributed by atoms with Crippen molar-refractivity contribution >= 4 is 22.7 Å². The van der Waals surface area contributed by atoms with Crippen molar-refractivity contribution in [1.82, 2.24) is 9.97 Å².